The minimum atomic E-state index is -0.880. The molecule has 0 saturated heterocycles. The third kappa shape index (κ3) is 5.29. The van der Waals surface area contributed by atoms with Crippen molar-refractivity contribution in [2.24, 2.45) is 0 Å². The van der Waals surface area contributed by atoms with Crippen molar-refractivity contribution in [1.29, 1.82) is 0 Å². The molecule has 0 spiro atoms. The van der Waals surface area contributed by atoms with Gasteiger partial charge < -0.3 is 14.7 Å². The van der Waals surface area contributed by atoms with Crippen LogP contribution >= 0.6 is 0 Å². The molecule has 1 N–H and O–H groups in total. The first kappa shape index (κ1) is 14.7. The fourth-order valence-corrected chi connectivity index (χ4v) is 1.77. The predicted octanol–water partition coefficient (Wildman–Crippen LogP) is 2.24. The molecule has 0 unspecified atom stereocenters. The number of carboxylic acids is 1. The molecule has 0 aliphatic rings. The lowest BCUT2D eigenvalue weighted by Crippen LogP contribution is -2.19. The summed E-state index contributed by atoms with van der Waals surface area (Å²) in [6.07, 6.45) is 2.18. The van der Waals surface area contributed by atoms with Crippen LogP contribution < -0.4 is 0 Å². The van der Waals surface area contributed by atoms with E-state index in [0.717, 1.165) is 38.1 Å². The lowest BCUT2D eigenvalue weighted by molar-refractivity contribution is 0.0697. The fourth-order valence-electron chi connectivity index (χ4n) is 1.77. The van der Waals surface area contributed by atoms with Crippen molar-refractivity contribution in [2.75, 3.05) is 27.3 Å². The Hall–Kier alpha value is -1.39. The third-order valence-electron chi connectivity index (χ3n) is 2.79. The molecule has 0 fully saturated rings. The van der Waals surface area contributed by atoms with Crippen LogP contribution in [0.1, 0.15) is 28.8 Å². The summed E-state index contributed by atoms with van der Waals surface area (Å²) in [6, 6.07) is 7.04. The molecule has 0 aliphatic heterocycles. The van der Waals surface area contributed by atoms with Crippen LogP contribution in [0.3, 0.4) is 0 Å². The van der Waals surface area contributed by atoms with Crippen molar-refractivity contribution in [1.82, 2.24) is 4.90 Å². The zero-order valence-electron chi connectivity index (χ0n) is 11.1. The van der Waals surface area contributed by atoms with Gasteiger partial charge in [0.25, 0.3) is 0 Å². The number of benzene rings is 1. The number of hydrogen-bond acceptors (Lipinski definition) is 3. The van der Waals surface area contributed by atoms with Gasteiger partial charge in [-0.2, -0.15) is 0 Å². The van der Waals surface area contributed by atoms with E-state index in [9.17, 15) is 4.79 Å². The molecule has 4 heteroatoms. The van der Waals surface area contributed by atoms with Gasteiger partial charge in [-0.05, 0) is 44.1 Å². The molecular formula is C14H21NO3. The number of unbranched alkanes of at least 4 members (excludes halogenated alkanes) is 1. The molecule has 1 rings (SSSR count). The maximum Gasteiger partial charge on any atom is 0.335 e. The van der Waals surface area contributed by atoms with E-state index >= 15 is 0 Å². The summed E-state index contributed by atoms with van der Waals surface area (Å²) < 4.78 is 5.00. The Balaban J connectivity index is 2.35. The van der Waals surface area contributed by atoms with Gasteiger partial charge in [0, 0.05) is 20.3 Å². The van der Waals surface area contributed by atoms with E-state index in [1.807, 2.05) is 12.1 Å². The van der Waals surface area contributed by atoms with Crippen molar-refractivity contribution in [3.8, 4) is 0 Å². The molecule has 1 aromatic rings. The second kappa shape index (κ2) is 7.84. The largest absolute Gasteiger partial charge is 0.478 e. The Morgan fingerprint density at radius 2 is 1.94 bits per heavy atom. The van der Waals surface area contributed by atoms with Gasteiger partial charge >= 0.3 is 5.97 Å². The summed E-state index contributed by atoms with van der Waals surface area (Å²) >= 11 is 0. The molecule has 18 heavy (non-hydrogen) atoms. The molecule has 0 radical (unpaired) electrons. The van der Waals surface area contributed by atoms with Gasteiger partial charge in [-0.15, -0.1) is 0 Å². The van der Waals surface area contributed by atoms with Crippen molar-refractivity contribution in [3.63, 3.8) is 0 Å². The fraction of sp³-hybridized carbons (Fsp3) is 0.500. The van der Waals surface area contributed by atoms with E-state index in [0.29, 0.717) is 5.56 Å². The van der Waals surface area contributed by atoms with Gasteiger partial charge in [0.15, 0.2) is 0 Å². The summed E-state index contributed by atoms with van der Waals surface area (Å²) in [5, 5.41) is 8.80. The Labute approximate surface area is 108 Å². The molecule has 0 amide bonds. The first-order chi connectivity index (χ1) is 8.63. The van der Waals surface area contributed by atoms with E-state index in [2.05, 4.69) is 11.9 Å². The average molecular weight is 251 g/mol. The Bertz CT molecular complexity index is 362. The van der Waals surface area contributed by atoms with Crippen molar-refractivity contribution < 1.29 is 14.6 Å². The first-order valence-corrected chi connectivity index (χ1v) is 6.13. The van der Waals surface area contributed by atoms with E-state index in [1.54, 1.807) is 19.2 Å². The lowest BCUT2D eigenvalue weighted by Gasteiger charge is -2.16. The number of methoxy groups -OCH3 is 1. The lowest BCUT2D eigenvalue weighted by atomic mass is 10.1. The summed E-state index contributed by atoms with van der Waals surface area (Å²) in [6.45, 7) is 2.66. The monoisotopic (exact) mass is 251 g/mol. The number of aromatic carboxylic acids is 1. The van der Waals surface area contributed by atoms with E-state index in [4.69, 9.17) is 9.84 Å². The van der Waals surface area contributed by atoms with Crippen LogP contribution in [0.5, 0.6) is 0 Å². The van der Waals surface area contributed by atoms with Gasteiger partial charge in [-0.3, -0.25) is 0 Å². The highest BCUT2D eigenvalue weighted by Gasteiger charge is 2.03. The average Bonchev–Trinajstić information content (AvgIpc) is 2.35. The second-order valence-electron chi connectivity index (χ2n) is 4.44. The molecule has 1 aromatic carbocycles. The van der Waals surface area contributed by atoms with Crippen LogP contribution in [-0.4, -0.2) is 43.3 Å². The van der Waals surface area contributed by atoms with Gasteiger partial charge in [-0.1, -0.05) is 12.1 Å². The number of ether oxygens (including phenoxy) is 1. The highest BCUT2D eigenvalue weighted by Crippen LogP contribution is 2.07. The Morgan fingerprint density at radius 1 is 1.28 bits per heavy atom. The SMILES string of the molecule is COCCCCN(C)Cc1ccc(C(=O)O)cc1. The normalized spacial score (nSPS) is 10.8. The van der Waals surface area contributed by atoms with Crippen LogP contribution in [0.25, 0.3) is 0 Å². The molecule has 0 aliphatic carbocycles. The minimum Gasteiger partial charge on any atom is -0.478 e. The number of hydrogen-bond donors (Lipinski definition) is 1. The molecule has 0 atom stereocenters. The molecule has 0 bridgehead atoms. The summed E-state index contributed by atoms with van der Waals surface area (Å²) in [5.74, 6) is -0.880. The molecule has 0 heterocycles. The number of rotatable bonds is 8. The third-order valence-corrected chi connectivity index (χ3v) is 2.79. The van der Waals surface area contributed by atoms with Crippen LogP contribution in [0.2, 0.25) is 0 Å². The number of carboxylic acid groups (broad SMARTS) is 1. The summed E-state index contributed by atoms with van der Waals surface area (Å²) in [7, 11) is 3.78. The van der Waals surface area contributed by atoms with Crippen LogP contribution in [0, 0.1) is 0 Å². The van der Waals surface area contributed by atoms with Gasteiger partial charge in [-0.25, -0.2) is 4.79 Å². The standard InChI is InChI=1S/C14H21NO3/c1-15(9-3-4-10-18-2)11-12-5-7-13(8-6-12)14(16)17/h5-8H,3-4,9-11H2,1-2H3,(H,16,17). The summed E-state index contributed by atoms with van der Waals surface area (Å²) in [5.41, 5.74) is 1.47. The van der Waals surface area contributed by atoms with Gasteiger partial charge in [0.05, 0.1) is 5.56 Å². The molecule has 4 nitrogen and oxygen atoms in total. The van der Waals surface area contributed by atoms with E-state index in [-0.39, 0.29) is 0 Å². The quantitative estimate of drug-likeness (QED) is 0.720. The maximum absolute atomic E-state index is 10.7. The predicted molar refractivity (Wildman–Crippen MR) is 70.8 cm³/mol. The van der Waals surface area contributed by atoms with Crippen LogP contribution in [0.4, 0.5) is 0 Å². The topological polar surface area (TPSA) is 49.8 Å². The molecule has 0 aromatic heterocycles. The highest BCUT2D eigenvalue weighted by atomic mass is 16.5. The van der Waals surface area contributed by atoms with Crippen molar-refractivity contribution in [3.05, 3.63) is 35.4 Å². The molecular weight excluding hydrogens is 230 g/mol. The van der Waals surface area contributed by atoms with E-state index < -0.39 is 5.97 Å². The number of carbonyl (C=O) groups is 1. The maximum atomic E-state index is 10.7. The van der Waals surface area contributed by atoms with E-state index in [1.165, 1.54) is 0 Å². The Morgan fingerprint density at radius 3 is 2.50 bits per heavy atom. The molecule has 0 saturated carbocycles. The zero-order valence-corrected chi connectivity index (χ0v) is 11.1. The van der Waals surface area contributed by atoms with Crippen molar-refractivity contribution >= 4 is 5.97 Å². The smallest absolute Gasteiger partial charge is 0.335 e. The van der Waals surface area contributed by atoms with Crippen LogP contribution in [0.15, 0.2) is 24.3 Å². The second-order valence-corrected chi connectivity index (χ2v) is 4.44. The summed E-state index contributed by atoms with van der Waals surface area (Å²) in [4.78, 5) is 12.9. The highest BCUT2D eigenvalue weighted by molar-refractivity contribution is 5.87. The molecule has 100 valence electrons. The first-order valence-electron chi connectivity index (χ1n) is 6.13. The zero-order chi connectivity index (χ0) is 13.4. The van der Waals surface area contributed by atoms with Crippen molar-refractivity contribution in [2.45, 2.75) is 19.4 Å². The van der Waals surface area contributed by atoms with Crippen LogP contribution in [-0.2, 0) is 11.3 Å². The van der Waals surface area contributed by atoms with Gasteiger partial charge in [0.2, 0.25) is 0 Å². The minimum absolute atomic E-state index is 0.335. The number of nitrogens with zero attached hydrogens (tertiary/aromatic N) is 1. The van der Waals surface area contributed by atoms with Gasteiger partial charge in [0.1, 0.15) is 0 Å². The Kier molecular flexibility index (Phi) is 6.39.